The van der Waals surface area contributed by atoms with Gasteiger partial charge in [0.05, 0.1) is 17.9 Å². The zero-order valence-corrected chi connectivity index (χ0v) is 18.9. The van der Waals surface area contributed by atoms with Crippen molar-refractivity contribution in [3.8, 4) is 5.75 Å². The Morgan fingerprint density at radius 2 is 1.66 bits per heavy atom. The highest BCUT2D eigenvalue weighted by Crippen LogP contribution is 2.30. The number of rotatable bonds is 7. The smallest absolute Gasteiger partial charge is 0.337 e. The van der Waals surface area contributed by atoms with Crippen molar-refractivity contribution in [2.24, 2.45) is 16.1 Å². The van der Waals surface area contributed by atoms with Crippen LogP contribution in [0.1, 0.15) is 79.3 Å². The van der Waals surface area contributed by atoms with Gasteiger partial charge in [-0.15, -0.1) is 5.11 Å². The number of phenolic OH excluding ortho intramolecular Hbond substituents is 1. The predicted molar refractivity (Wildman–Crippen MR) is 125 cm³/mol. The first-order chi connectivity index (χ1) is 15.6. The van der Waals surface area contributed by atoms with E-state index in [9.17, 15) is 15.0 Å². The van der Waals surface area contributed by atoms with E-state index in [-0.39, 0.29) is 17.9 Å². The average Bonchev–Trinajstić information content (AvgIpc) is 2.79. The molecule has 1 fully saturated rings. The minimum Gasteiger partial charge on any atom is -0.508 e. The summed E-state index contributed by atoms with van der Waals surface area (Å²) in [5.41, 5.74) is 2.67. The van der Waals surface area contributed by atoms with Crippen LogP contribution in [0, 0.1) is 5.92 Å². The summed E-state index contributed by atoms with van der Waals surface area (Å²) in [4.78, 5) is 11.9. The van der Waals surface area contributed by atoms with Crippen LogP contribution in [0.5, 0.6) is 5.75 Å². The Morgan fingerprint density at radius 3 is 2.31 bits per heavy atom. The third kappa shape index (κ3) is 7.16. The minimum atomic E-state index is -1.00. The summed E-state index contributed by atoms with van der Waals surface area (Å²) in [6, 6.07) is 10.3. The van der Waals surface area contributed by atoms with Crippen molar-refractivity contribution in [3.05, 3.63) is 53.1 Å². The monoisotopic (exact) mass is 438 g/mol. The molecule has 0 saturated heterocycles. The molecular formula is C26H34N2O4. The summed E-state index contributed by atoms with van der Waals surface area (Å²) in [5, 5.41) is 28.0. The first kappa shape index (κ1) is 23.9. The number of phenols is 1. The molecule has 0 bridgehead atoms. The Hall–Kier alpha value is -2.73. The largest absolute Gasteiger partial charge is 0.508 e. The maximum absolute atomic E-state index is 11.9. The summed E-state index contributed by atoms with van der Waals surface area (Å²) in [6.07, 6.45) is 12.5. The zero-order chi connectivity index (χ0) is 22.8. The van der Waals surface area contributed by atoms with Gasteiger partial charge >= 0.3 is 5.97 Å². The molecule has 0 heterocycles. The summed E-state index contributed by atoms with van der Waals surface area (Å²) in [6.45, 7) is 0.255. The molecule has 3 rings (SSSR count). The second kappa shape index (κ2) is 12.3. The van der Waals surface area contributed by atoms with E-state index in [1.807, 2.05) is 6.07 Å². The Morgan fingerprint density at radius 1 is 0.969 bits per heavy atom. The number of carboxylic acids is 1. The number of methoxy groups -OCH3 is 1. The van der Waals surface area contributed by atoms with Crippen LogP contribution in [0.25, 0.3) is 0 Å². The van der Waals surface area contributed by atoms with Crippen LogP contribution >= 0.6 is 0 Å². The number of carbonyl (C=O) groups is 1. The van der Waals surface area contributed by atoms with E-state index in [2.05, 4.69) is 10.2 Å². The summed E-state index contributed by atoms with van der Waals surface area (Å²) < 4.78 is 5.07. The van der Waals surface area contributed by atoms with Gasteiger partial charge in [-0.2, -0.15) is 5.11 Å². The van der Waals surface area contributed by atoms with Gasteiger partial charge in [-0.1, -0.05) is 63.9 Å². The first-order valence-electron chi connectivity index (χ1n) is 11.7. The fraction of sp³-hybridized carbons (Fsp3) is 0.500. The highest BCUT2D eigenvalue weighted by Gasteiger charge is 2.15. The van der Waals surface area contributed by atoms with Gasteiger partial charge in [0, 0.05) is 12.7 Å². The molecule has 0 aliphatic heterocycles. The number of benzene rings is 2. The van der Waals surface area contributed by atoms with E-state index < -0.39 is 5.97 Å². The number of aromatic carboxylic acids is 1. The van der Waals surface area contributed by atoms with E-state index >= 15 is 0 Å². The maximum atomic E-state index is 11.9. The van der Waals surface area contributed by atoms with E-state index in [1.54, 1.807) is 31.4 Å². The van der Waals surface area contributed by atoms with Crippen LogP contribution < -0.4 is 0 Å². The molecule has 0 spiro atoms. The van der Waals surface area contributed by atoms with Crippen molar-refractivity contribution < 1.29 is 19.7 Å². The second-order valence-electron chi connectivity index (χ2n) is 8.73. The minimum absolute atomic E-state index is 0.127. The highest BCUT2D eigenvalue weighted by molar-refractivity contribution is 5.93. The van der Waals surface area contributed by atoms with Crippen molar-refractivity contribution >= 4 is 17.3 Å². The van der Waals surface area contributed by atoms with Crippen molar-refractivity contribution in [2.45, 2.75) is 70.8 Å². The molecule has 172 valence electrons. The van der Waals surface area contributed by atoms with Crippen LogP contribution in [0.4, 0.5) is 11.4 Å². The lowest BCUT2D eigenvalue weighted by Gasteiger charge is -2.19. The van der Waals surface area contributed by atoms with Gasteiger partial charge in [-0.05, 0) is 48.2 Å². The summed E-state index contributed by atoms with van der Waals surface area (Å²) >= 11 is 0. The lowest BCUT2D eigenvalue weighted by molar-refractivity contribution is 0.0697. The number of hydrogen-bond acceptors (Lipinski definition) is 5. The van der Waals surface area contributed by atoms with Crippen LogP contribution in [0.15, 0.2) is 46.6 Å². The molecule has 1 saturated carbocycles. The molecule has 0 amide bonds. The number of azo groups is 1. The van der Waals surface area contributed by atoms with Crippen LogP contribution in [-0.4, -0.2) is 23.3 Å². The quantitative estimate of drug-likeness (QED) is 0.442. The lowest BCUT2D eigenvalue weighted by Crippen LogP contribution is -2.07. The number of nitrogens with zero attached hydrogens (tertiary/aromatic N) is 2. The summed E-state index contributed by atoms with van der Waals surface area (Å²) in [7, 11) is 1.55. The average molecular weight is 439 g/mol. The number of aromatic hydroxyl groups is 1. The molecule has 1 aliphatic rings. The van der Waals surface area contributed by atoms with Crippen LogP contribution in [0.2, 0.25) is 0 Å². The van der Waals surface area contributed by atoms with Gasteiger partial charge in [0.15, 0.2) is 0 Å². The summed E-state index contributed by atoms with van der Waals surface area (Å²) in [5.74, 6) is -0.266. The highest BCUT2D eigenvalue weighted by atomic mass is 16.5. The van der Waals surface area contributed by atoms with Gasteiger partial charge < -0.3 is 14.9 Å². The predicted octanol–water partition coefficient (Wildman–Crippen LogP) is 7.34. The molecule has 2 aromatic carbocycles. The normalized spacial score (nSPS) is 16.3. The van der Waals surface area contributed by atoms with E-state index in [0.717, 1.165) is 12.0 Å². The standard InChI is InChI=1S/C26H34N2O4/c1-32-18-21-17-22(12-14-25(21)29)27-28-24-13-11-20(16-23(24)26(30)31)15-19-9-7-5-3-2-4-6-8-10-19/h11-14,16-17,19,29H,2-10,15,18H2,1H3,(H,30,31). The molecule has 6 nitrogen and oxygen atoms in total. The molecule has 6 heteroatoms. The third-order valence-electron chi connectivity index (χ3n) is 6.18. The fourth-order valence-electron chi connectivity index (χ4n) is 4.42. The van der Waals surface area contributed by atoms with Crippen molar-refractivity contribution in [1.82, 2.24) is 0 Å². The van der Waals surface area contributed by atoms with Gasteiger partial charge in [0.25, 0.3) is 0 Å². The Balaban J connectivity index is 1.74. The van der Waals surface area contributed by atoms with E-state index in [4.69, 9.17) is 4.74 Å². The molecule has 0 aromatic heterocycles. The fourth-order valence-corrected chi connectivity index (χ4v) is 4.42. The van der Waals surface area contributed by atoms with Crippen molar-refractivity contribution in [3.63, 3.8) is 0 Å². The Bertz CT molecular complexity index is 916. The van der Waals surface area contributed by atoms with Gasteiger partial charge in [-0.25, -0.2) is 4.79 Å². The molecule has 2 aromatic rings. The molecular weight excluding hydrogens is 404 g/mol. The number of carboxylic acid groups (broad SMARTS) is 1. The third-order valence-corrected chi connectivity index (χ3v) is 6.18. The molecule has 0 radical (unpaired) electrons. The van der Waals surface area contributed by atoms with Crippen LogP contribution in [0.3, 0.4) is 0 Å². The van der Waals surface area contributed by atoms with Crippen LogP contribution in [-0.2, 0) is 17.8 Å². The van der Waals surface area contributed by atoms with Gasteiger partial charge in [0.1, 0.15) is 11.4 Å². The molecule has 32 heavy (non-hydrogen) atoms. The Labute approximate surface area is 190 Å². The lowest BCUT2D eigenvalue weighted by atomic mass is 9.87. The van der Waals surface area contributed by atoms with Gasteiger partial charge in [0.2, 0.25) is 0 Å². The second-order valence-corrected chi connectivity index (χ2v) is 8.73. The van der Waals surface area contributed by atoms with E-state index in [1.165, 1.54) is 63.9 Å². The molecule has 2 N–H and O–H groups in total. The zero-order valence-electron chi connectivity index (χ0n) is 18.9. The SMILES string of the molecule is COCc1cc(N=Nc2ccc(CC3CCCCCCCCC3)cc2C(=O)O)ccc1O. The van der Waals surface area contributed by atoms with E-state index in [0.29, 0.717) is 22.9 Å². The Kier molecular flexibility index (Phi) is 9.23. The molecule has 1 aliphatic carbocycles. The molecule has 0 atom stereocenters. The molecule has 0 unspecified atom stereocenters. The topological polar surface area (TPSA) is 91.5 Å². The van der Waals surface area contributed by atoms with Crippen molar-refractivity contribution in [2.75, 3.05) is 7.11 Å². The van der Waals surface area contributed by atoms with Crippen molar-refractivity contribution in [1.29, 1.82) is 0 Å². The maximum Gasteiger partial charge on any atom is 0.337 e. The number of ether oxygens (including phenoxy) is 1. The first-order valence-corrected chi connectivity index (χ1v) is 11.7. The number of hydrogen-bond donors (Lipinski definition) is 2. The van der Waals surface area contributed by atoms with Gasteiger partial charge in [-0.3, -0.25) is 0 Å².